The molecule has 0 aliphatic rings. The van der Waals surface area contributed by atoms with E-state index in [4.69, 9.17) is 0 Å². The van der Waals surface area contributed by atoms with Crippen molar-refractivity contribution >= 4 is 28.3 Å². The summed E-state index contributed by atoms with van der Waals surface area (Å²) in [7, 11) is 0. The first-order valence-corrected chi connectivity index (χ1v) is 7.55. The van der Waals surface area contributed by atoms with Crippen LogP contribution in [0.3, 0.4) is 0 Å². The summed E-state index contributed by atoms with van der Waals surface area (Å²) in [6.45, 7) is 4.79. The molecule has 1 N–H and O–H groups in total. The van der Waals surface area contributed by atoms with Gasteiger partial charge in [0.2, 0.25) is 0 Å². The quantitative estimate of drug-likeness (QED) is 0.802. The second kappa shape index (κ2) is 5.29. The number of hydrogen-bond donors (Lipinski definition) is 1. The van der Waals surface area contributed by atoms with E-state index < -0.39 is 5.97 Å². The van der Waals surface area contributed by atoms with Gasteiger partial charge in [0.1, 0.15) is 11.3 Å². The molecule has 0 atom stereocenters. The number of thiazole rings is 1. The van der Waals surface area contributed by atoms with Crippen LogP contribution in [-0.4, -0.2) is 25.6 Å². The van der Waals surface area contributed by atoms with Crippen molar-refractivity contribution in [3.05, 3.63) is 46.2 Å². The molecule has 0 aliphatic heterocycles. The van der Waals surface area contributed by atoms with Gasteiger partial charge in [-0.25, -0.2) is 9.78 Å². The predicted octanol–water partition coefficient (Wildman–Crippen LogP) is 3.36. The van der Waals surface area contributed by atoms with Crippen molar-refractivity contribution in [2.45, 2.75) is 26.3 Å². The lowest BCUT2D eigenvalue weighted by Gasteiger charge is -2.10. The fourth-order valence-electron chi connectivity index (χ4n) is 2.42. The summed E-state index contributed by atoms with van der Waals surface area (Å²) in [5, 5.41) is 9.32. The van der Waals surface area contributed by atoms with Crippen LogP contribution in [0.1, 0.15) is 40.8 Å². The standard InChI is InChI=1S/C15H15N3O2S/c1-9(2)14-17-13-11(15(19)20)4-3-5-12(13)18(14)7-10-6-16-8-21-10/h3-6,8-9H,7H2,1-2H3,(H,19,20). The number of rotatable bonds is 4. The normalized spacial score (nSPS) is 11.4. The van der Waals surface area contributed by atoms with Gasteiger partial charge in [-0.15, -0.1) is 11.3 Å². The van der Waals surface area contributed by atoms with Crippen molar-refractivity contribution in [1.82, 2.24) is 14.5 Å². The molecule has 0 saturated heterocycles. The Bertz CT molecular complexity index is 791. The molecule has 0 radical (unpaired) electrons. The highest BCUT2D eigenvalue weighted by Crippen LogP contribution is 2.26. The summed E-state index contributed by atoms with van der Waals surface area (Å²) in [4.78, 5) is 21.2. The number of para-hydroxylation sites is 1. The van der Waals surface area contributed by atoms with Gasteiger partial charge < -0.3 is 9.67 Å². The predicted molar refractivity (Wildman–Crippen MR) is 82.0 cm³/mol. The van der Waals surface area contributed by atoms with E-state index in [1.165, 1.54) is 0 Å². The molecule has 0 fully saturated rings. The molecule has 3 rings (SSSR count). The van der Waals surface area contributed by atoms with Gasteiger partial charge in [0.15, 0.2) is 0 Å². The lowest BCUT2D eigenvalue weighted by molar-refractivity contribution is 0.0699. The summed E-state index contributed by atoms with van der Waals surface area (Å²) in [6.07, 6.45) is 1.83. The molecule has 0 spiro atoms. The molecule has 108 valence electrons. The maximum atomic E-state index is 11.4. The summed E-state index contributed by atoms with van der Waals surface area (Å²) < 4.78 is 2.08. The van der Waals surface area contributed by atoms with Crippen LogP contribution in [0.15, 0.2) is 29.9 Å². The fraction of sp³-hybridized carbons (Fsp3) is 0.267. The zero-order chi connectivity index (χ0) is 15.0. The Balaban J connectivity index is 2.23. The van der Waals surface area contributed by atoms with Crippen LogP contribution in [-0.2, 0) is 6.54 Å². The minimum atomic E-state index is -0.946. The smallest absolute Gasteiger partial charge is 0.337 e. The van der Waals surface area contributed by atoms with Crippen molar-refractivity contribution < 1.29 is 9.90 Å². The number of carboxylic acid groups (broad SMARTS) is 1. The first-order chi connectivity index (χ1) is 10.1. The highest BCUT2D eigenvalue weighted by atomic mass is 32.1. The Morgan fingerprint density at radius 1 is 1.43 bits per heavy atom. The second-order valence-corrected chi connectivity index (χ2v) is 6.13. The van der Waals surface area contributed by atoms with Crippen LogP contribution in [0.4, 0.5) is 0 Å². The third kappa shape index (κ3) is 2.42. The van der Waals surface area contributed by atoms with Crippen LogP contribution in [0.2, 0.25) is 0 Å². The molecule has 0 saturated carbocycles. The average molecular weight is 301 g/mol. The van der Waals surface area contributed by atoms with Crippen LogP contribution >= 0.6 is 11.3 Å². The van der Waals surface area contributed by atoms with Crippen molar-refractivity contribution in [3.8, 4) is 0 Å². The minimum absolute atomic E-state index is 0.215. The number of benzene rings is 1. The van der Waals surface area contributed by atoms with E-state index in [0.29, 0.717) is 12.1 Å². The van der Waals surface area contributed by atoms with E-state index in [-0.39, 0.29) is 11.5 Å². The zero-order valence-electron chi connectivity index (χ0n) is 11.8. The Morgan fingerprint density at radius 3 is 2.86 bits per heavy atom. The van der Waals surface area contributed by atoms with Crippen LogP contribution in [0, 0.1) is 0 Å². The maximum Gasteiger partial charge on any atom is 0.337 e. The van der Waals surface area contributed by atoms with Gasteiger partial charge >= 0.3 is 5.97 Å². The molecular formula is C15H15N3O2S. The van der Waals surface area contributed by atoms with Crippen LogP contribution < -0.4 is 0 Å². The molecule has 6 heteroatoms. The monoisotopic (exact) mass is 301 g/mol. The molecule has 0 bridgehead atoms. The van der Waals surface area contributed by atoms with Crippen LogP contribution in [0.25, 0.3) is 11.0 Å². The number of aromatic carboxylic acids is 1. The van der Waals surface area contributed by atoms with Gasteiger partial charge in [-0.3, -0.25) is 4.98 Å². The minimum Gasteiger partial charge on any atom is -0.478 e. The van der Waals surface area contributed by atoms with Gasteiger partial charge in [0.05, 0.1) is 23.1 Å². The second-order valence-electron chi connectivity index (χ2n) is 5.16. The fourth-order valence-corrected chi connectivity index (χ4v) is 3.00. The Kier molecular flexibility index (Phi) is 3.47. The highest BCUT2D eigenvalue weighted by molar-refractivity contribution is 7.09. The Morgan fingerprint density at radius 2 is 2.24 bits per heavy atom. The average Bonchev–Trinajstić information content (AvgIpc) is 3.07. The maximum absolute atomic E-state index is 11.4. The highest BCUT2D eigenvalue weighted by Gasteiger charge is 2.18. The van der Waals surface area contributed by atoms with Crippen LogP contribution in [0.5, 0.6) is 0 Å². The van der Waals surface area contributed by atoms with E-state index in [2.05, 4.69) is 28.4 Å². The Hall–Kier alpha value is -2.21. The molecule has 2 heterocycles. The van der Waals surface area contributed by atoms with E-state index >= 15 is 0 Å². The lowest BCUT2D eigenvalue weighted by atomic mass is 10.2. The van der Waals surface area contributed by atoms with Crippen molar-refractivity contribution in [2.24, 2.45) is 0 Å². The molecule has 21 heavy (non-hydrogen) atoms. The number of imidazole rings is 1. The summed E-state index contributed by atoms with van der Waals surface area (Å²) in [5.41, 5.74) is 3.45. The zero-order valence-corrected chi connectivity index (χ0v) is 12.6. The Labute approximate surface area is 125 Å². The molecule has 0 aliphatic carbocycles. The SMILES string of the molecule is CC(C)c1nc2c(C(=O)O)cccc2n1Cc1cncs1. The first-order valence-electron chi connectivity index (χ1n) is 6.67. The van der Waals surface area contributed by atoms with E-state index in [0.717, 1.165) is 16.2 Å². The first kappa shape index (κ1) is 13.8. The molecule has 1 aromatic carbocycles. The summed E-state index contributed by atoms with van der Waals surface area (Å²) >= 11 is 1.58. The van der Waals surface area contributed by atoms with Crippen molar-refractivity contribution in [2.75, 3.05) is 0 Å². The summed E-state index contributed by atoms with van der Waals surface area (Å²) in [5.74, 6) is 0.164. The van der Waals surface area contributed by atoms with E-state index in [9.17, 15) is 9.90 Å². The number of nitrogens with zero attached hydrogens (tertiary/aromatic N) is 3. The van der Waals surface area contributed by atoms with Gasteiger partial charge in [0, 0.05) is 17.0 Å². The molecule has 3 aromatic rings. The molecule has 0 amide bonds. The van der Waals surface area contributed by atoms with Crippen molar-refractivity contribution in [3.63, 3.8) is 0 Å². The summed E-state index contributed by atoms with van der Waals surface area (Å²) in [6, 6.07) is 5.28. The molecule has 2 aromatic heterocycles. The van der Waals surface area contributed by atoms with Gasteiger partial charge in [-0.2, -0.15) is 0 Å². The molecular weight excluding hydrogens is 286 g/mol. The van der Waals surface area contributed by atoms with Gasteiger partial charge in [0.25, 0.3) is 0 Å². The number of aromatic nitrogens is 3. The number of carbonyl (C=O) groups is 1. The number of fused-ring (bicyclic) bond motifs is 1. The third-order valence-electron chi connectivity index (χ3n) is 3.35. The van der Waals surface area contributed by atoms with E-state index in [1.54, 1.807) is 29.0 Å². The van der Waals surface area contributed by atoms with Crippen molar-refractivity contribution in [1.29, 1.82) is 0 Å². The lowest BCUT2D eigenvalue weighted by Crippen LogP contribution is -2.05. The molecule has 0 unspecified atom stereocenters. The third-order valence-corrected chi connectivity index (χ3v) is 4.12. The number of hydrogen-bond acceptors (Lipinski definition) is 4. The van der Waals surface area contributed by atoms with Gasteiger partial charge in [-0.1, -0.05) is 19.9 Å². The molecule has 5 nitrogen and oxygen atoms in total. The van der Waals surface area contributed by atoms with E-state index in [1.807, 2.05) is 12.3 Å². The topological polar surface area (TPSA) is 68.0 Å². The van der Waals surface area contributed by atoms with Gasteiger partial charge in [-0.05, 0) is 12.1 Å². The largest absolute Gasteiger partial charge is 0.478 e. The number of carboxylic acids is 1.